The van der Waals surface area contributed by atoms with Crippen LogP contribution in [-0.4, -0.2) is 57.3 Å². The maximum atomic E-state index is 14.0. The highest BCUT2D eigenvalue weighted by Gasteiger charge is 2.23. The van der Waals surface area contributed by atoms with Crippen molar-refractivity contribution in [3.05, 3.63) is 77.8 Å². The minimum atomic E-state index is -0.231. The van der Waals surface area contributed by atoms with Crippen LogP contribution in [0.4, 0.5) is 10.1 Å². The van der Waals surface area contributed by atoms with Crippen molar-refractivity contribution in [2.24, 2.45) is 0 Å². The van der Waals surface area contributed by atoms with E-state index in [1.54, 1.807) is 29.0 Å². The average molecular weight is 482 g/mol. The quantitative estimate of drug-likeness (QED) is 0.389. The van der Waals surface area contributed by atoms with Gasteiger partial charge in [0.2, 0.25) is 5.91 Å². The number of hydrogen-bond donors (Lipinski definition) is 0. The van der Waals surface area contributed by atoms with Gasteiger partial charge in [-0.25, -0.2) is 13.9 Å². The lowest BCUT2D eigenvalue weighted by atomic mass is 10.1. The molecule has 0 radical (unpaired) electrons. The molecule has 2 aromatic carbocycles. The molecule has 0 bridgehead atoms. The minimum Gasteiger partial charge on any atom is -0.366 e. The Kier molecular flexibility index (Phi) is 6.20. The van der Waals surface area contributed by atoms with Gasteiger partial charge in [-0.3, -0.25) is 4.79 Å². The van der Waals surface area contributed by atoms with Crippen molar-refractivity contribution in [1.29, 1.82) is 0 Å². The maximum absolute atomic E-state index is 14.0. The van der Waals surface area contributed by atoms with E-state index in [9.17, 15) is 9.18 Å². The maximum Gasteiger partial charge on any atom is 0.233 e. The first kappa shape index (κ1) is 21.7. The Hall–Kier alpha value is -3.10. The van der Waals surface area contributed by atoms with Gasteiger partial charge >= 0.3 is 0 Å². The van der Waals surface area contributed by atoms with Crippen LogP contribution in [0.15, 0.2) is 72.0 Å². The fraction of sp³-hybridized carbons (Fsp3) is 0.208. The summed E-state index contributed by atoms with van der Waals surface area (Å²) in [6.45, 7) is 2.36. The van der Waals surface area contributed by atoms with Crippen molar-refractivity contribution in [3.63, 3.8) is 0 Å². The topological polar surface area (TPSA) is 53.7 Å². The van der Waals surface area contributed by atoms with Crippen LogP contribution in [0.3, 0.4) is 0 Å². The van der Waals surface area contributed by atoms with Gasteiger partial charge in [0.1, 0.15) is 10.8 Å². The molecule has 33 heavy (non-hydrogen) atoms. The van der Waals surface area contributed by atoms with Crippen LogP contribution in [0.5, 0.6) is 0 Å². The van der Waals surface area contributed by atoms with E-state index in [1.165, 1.54) is 17.8 Å². The van der Waals surface area contributed by atoms with E-state index in [1.807, 2.05) is 46.2 Å². The SMILES string of the molecule is O=C(CSc1nccn2nc(-c3ccc(Cl)cc3)cc12)N1CCN(c2ccccc2F)CC1. The minimum absolute atomic E-state index is 0.0504. The molecule has 0 saturated carbocycles. The number of carbonyl (C=O) groups is 1. The van der Waals surface area contributed by atoms with Crippen molar-refractivity contribution in [2.75, 3.05) is 36.8 Å². The van der Waals surface area contributed by atoms with Gasteiger partial charge in [0, 0.05) is 49.2 Å². The van der Waals surface area contributed by atoms with Crippen LogP contribution in [0.1, 0.15) is 0 Å². The molecule has 0 atom stereocenters. The van der Waals surface area contributed by atoms with Crippen LogP contribution < -0.4 is 4.90 Å². The van der Waals surface area contributed by atoms with Gasteiger partial charge in [-0.15, -0.1) is 0 Å². The van der Waals surface area contributed by atoms with Crippen LogP contribution in [0.2, 0.25) is 5.02 Å². The van der Waals surface area contributed by atoms with E-state index in [0.717, 1.165) is 21.8 Å². The Morgan fingerprint density at radius 2 is 1.82 bits per heavy atom. The Bertz CT molecular complexity index is 1290. The second-order valence-corrected chi connectivity index (χ2v) is 9.11. The Morgan fingerprint density at radius 3 is 2.58 bits per heavy atom. The molecule has 1 saturated heterocycles. The largest absolute Gasteiger partial charge is 0.366 e. The highest BCUT2D eigenvalue weighted by molar-refractivity contribution is 8.00. The van der Waals surface area contributed by atoms with Crippen molar-refractivity contribution in [1.82, 2.24) is 19.5 Å². The predicted molar refractivity (Wildman–Crippen MR) is 129 cm³/mol. The fourth-order valence-corrected chi connectivity index (χ4v) is 4.90. The molecule has 0 unspecified atom stereocenters. The fourth-order valence-electron chi connectivity index (χ4n) is 3.90. The van der Waals surface area contributed by atoms with Crippen molar-refractivity contribution >= 4 is 40.5 Å². The van der Waals surface area contributed by atoms with E-state index < -0.39 is 0 Å². The first-order valence-corrected chi connectivity index (χ1v) is 12.0. The number of carbonyl (C=O) groups excluding carboxylic acids is 1. The number of para-hydroxylation sites is 1. The molecule has 0 aliphatic carbocycles. The Balaban J connectivity index is 1.23. The highest BCUT2D eigenvalue weighted by atomic mass is 35.5. The highest BCUT2D eigenvalue weighted by Crippen LogP contribution is 2.27. The van der Waals surface area contributed by atoms with Gasteiger partial charge in [-0.05, 0) is 30.3 Å². The number of rotatable bonds is 5. The molecule has 0 spiro atoms. The van der Waals surface area contributed by atoms with E-state index in [-0.39, 0.29) is 17.5 Å². The van der Waals surface area contributed by atoms with E-state index >= 15 is 0 Å². The Morgan fingerprint density at radius 1 is 1.06 bits per heavy atom. The summed E-state index contributed by atoms with van der Waals surface area (Å²) in [7, 11) is 0. The van der Waals surface area contributed by atoms with Gasteiger partial charge in [-0.2, -0.15) is 5.10 Å². The molecule has 1 aliphatic heterocycles. The number of thioether (sulfide) groups is 1. The van der Waals surface area contributed by atoms with Gasteiger partial charge in [0.15, 0.2) is 0 Å². The van der Waals surface area contributed by atoms with Crippen LogP contribution >= 0.6 is 23.4 Å². The predicted octanol–water partition coefficient (Wildman–Crippen LogP) is 4.63. The molecular weight excluding hydrogens is 461 g/mol. The zero-order valence-electron chi connectivity index (χ0n) is 17.7. The molecule has 1 aliphatic rings. The molecule has 3 heterocycles. The molecule has 1 fully saturated rings. The van der Waals surface area contributed by atoms with Crippen LogP contribution in [-0.2, 0) is 4.79 Å². The third-order valence-electron chi connectivity index (χ3n) is 5.65. The molecular formula is C24H21ClFN5OS. The molecule has 4 aromatic rings. The lowest BCUT2D eigenvalue weighted by Gasteiger charge is -2.36. The molecule has 9 heteroatoms. The number of amides is 1. The number of nitrogens with zero attached hydrogens (tertiary/aromatic N) is 5. The van der Waals surface area contributed by atoms with Gasteiger partial charge in [0.05, 0.1) is 22.7 Å². The lowest BCUT2D eigenvalue weighted by molar-refractivity contribution is -0.128. The van der Waals surface area contributed by atoms with Crippen molar-refractivity contribution in [3.8, 4) is 11.3 Å². The van der Waals surface area contributed by atoms with E-state index in [2.05, 4.69) is 10.1 Å². The summed E-state index contributed by atoms with van der Waals surface area (Å²) in [5.41, 5.74) is 3.22. The number of piperazine rings is 1. The first-order valence-electron chi connectivity index (χ1n) is 10.6. The molecule has 168 valence electrons. The summed E-state index contributed by atoms with van der Waals surface area (Å²) in [4.78, 5) is 21.1. The summed E-state index contributed by atoms with van der Waals surface area (Å²) in [6, 6.07) is 16.2. The number of fused-ring (bicyclic) bond motifs is 1. The summed E-state index contributed by atoms with van der Waals surface area (Å²) >= 11 is 7.39. The molecule has 5 rings (SSSR count). The third-order valence-corrected chi connectivity index (χ3v) is 6.88. The molecule has 1 amide bonds. The van der Waals surface area contributed by atoms with Crippen molar-refractivity contribution < 1.29 is 9.18 Å². The normalized spacial score (nSPS) is 14.1. The monoisotopic (exact) mass is 481 g/mol. The first-order chi connectivity index (χ1) is 16.1. The zero-order chi connectivity index (χ0) is 22.8. The second-order valence-electron chi connectivity index (χ2n) is 7.71. The van der Waals surface area contributed by atoms with Crippen LogP contribution in [0, 0.1) is 5.82 Å². The molecule has 6 nitrogen and oxygen atoms in total. The zero-order valence-corrected chi connectivity index (χ0v) is 19.3. The Labute approximate surface area is 200 Å². The lowest BCUT2D eigenvalue weighted by Crippen LogP contribution is -2.49. The van der Waals surface area contributed by atoms with Crippen molar-refractivity contribution in [2.45, 2.75) is 5.03 Å². The van der Waals surface area contributed by atoms with E-state index in [0.29, 0.717) is 36.9 Å². The number of anilines is 1. The van der Waals surface area contributed by atoms with Gasteiger partial charge < -0.3 is 9.80 Å². The molecule has 2 aromatic heterocycles. The summed E-state index contributed by atoms with van der Waals surface area (Å²) in [5.74, 6) is 0.105. The number of aromatic nitrogens is 3. The number of hydrogen-bond acceptors (Lipinski definition) is 5. The molecule has 0 N–H and O–H groups in total. The average Bonchev–Trinajstić information content (AvgIpc) is 3.28. The van der Waals surface area contributed by atoms with E-state index in [4.69, 9.17) is 11.6 Å². The van der Waals surface area contributed by atoms with Gasteiger partial charge in [0.25, 0.3) is 0 Å². The number of halogens is 2. The second kappa shape index (κ2) is 9.41. The number of benzene rings is 2. The summed E-state index contributed by atoms with van der Waals surface area (Å²) in [6.07, 6.45) is 3.48. The standard InChI is InChI=1S/C24H21ClFN5OS/c25-18-7-5-17(6-8-18)20-15-22-24(27-9-10-31(22)28-20)33-16-23(32)30-13-11-29(12-14-30)21-4-2-1-3-19(21)26/h1-10,15H,11-14,16H2. The third kappa shape index (κ3) is 4.67. The smallest absolute Gasteiger partial charge is 0.233 e. The van der Waals surface area contributed by atoms with Gasteiger partial charge in [-0.1, -0.05) is 47.6 Å². The summed E-state index contributed by atoms with van der Waals surface area (Å²) < 4.78 is 15.8. The van der Waals surface area contributed by atoms with Crippen LogP contribution in [0.25, 0.3) is 16.8 Å². The summed E-state index contributed by atoms with van der Waals surface area (Å²) in [5, 5.41) is 6.05.